The second-order valence-corrected chi connectivity index (χ2v) is 6.44. The van der Waals surface area contributed by atoms with E-state index < -0.39 is 11.7 Å². The fourth-order valence-electron chi connectivity index (χ4n) is 2.36. The second kappa shape index (κ2) is 7.25. The van der Waals surface area contributed by atoms with Crippen molar-refractivity contribution in [3.63, 3.8) is 0 Å². The Labute approximate surface area is 125 Å². The zero-order chi connectivity index (χ0) is 16.1. The number of hydrogen-bond donors (Lipinski definition) is 1. The van der Waals surface area contributed by atoms with E-state index in [1.54, 1.807) is 0 Å². The minimum Gasteiger partial charge on any atom is -0.313 e. The minimum atomic E-state index is -4.31. The third kappa shape index (κ3) is 5.65. The first-order valence-electron chi connectivity index (χ1n) is 7.39. The molecule has 120 valence electrons. The van der Waals surface area contributed by atoms with Crippen molar-refractivity contribution in [3.05, 3.63) is 29.6 Å². The molecule has 1 aromatic heterocycles. The van der Waals surface area contributed by atoms with Gasteiger partial charge >= 0.3 is 6.18 Å². The second-order valence-electron chi connectivity index (χ2n) is 6.44. The fraction of sp³-hybridized carbons (Fsp3) is 0.688. The highest BCUT2D eigenvalue weighted by Gasteiger charge is 2.33. The molecule has 1 atom stereocenters. The molecule has 1 rings (SSSR count). The molecule has 1 aromatic rings. The smallest absolute Gasteiger partial charge is 0.313 e. The summed E-state index contributed by atoms with van der Waals surface area (Å²) in [5.74, 6) is 0. The van der Waals surface area contributed by atoms with E-state index in [4.69, 9.17) is 0 Å². The van der Waals surface area contributed by atoms with Crippen LogP contribution in [0.25, 0.3) is 0 Å². The maximum atomic E-state index is 13.0. The molecule has 2 nitrogen and oxygen atoms in total. The summed E-state index contributed by atoms with van der Waals surface area (Å²) >= 11 is 0. The van der Waals surface area contributed by atoms with Gasteiger partial charge in [0.25, 0.3) is 0 Å². The van der Waals surface area contributed by atoms with Crippen molar-refractivity contribution < 1.29 is 13.2 Å². The van der Waals surface area contributed by atoms with Gasteiger partial charge in [0.1, 0.15) is 0 Å². The molecule has 0 aliphatic heterocycles. The third-order valence-electron chi connectivity index (χ3n) is 3.60. The van der Waals surface area contributed by atoms with Crippen LogP contribution in [0.15, 0.2) is 18.5 Å². The van der Waals surface area contributed by atoms with Gasteiger partial charge in [0.05, 0.1) is 5.56 Å². The van der Waals surface area contributed by atoms with Crippen molar-refractivity contribution in [1.82, 2.24) is 10.3 Å². The normalized spacial score (nSPS) is 14.2. The van der Waals surface area contributed by atoms with Crippen LogP contribution in [0.5, 0.6) is 0 Å². The van der Waals surface area contributed by atoms with Gasteiger partial charge in [-0.3, -0.25) is 4.98 Å². The molecule has 0 spiro atoms. The summed E-state index contributed by atoms with van der Waals surface area (Å²) in [5, 5.41) is 3.44. The van der Waals surface area contributed by atoms with E-state index in [9.17, 15) is 13.2 Å². The zero-order valence-electron chi connectivity index (χ0n) is 13.2. The van der Waals surface area contributed by atoms with Gasteiger partial charge in [-0.2, -0.15) is 13.2 Å². The lowest BCUT2D eigenvalue weighted by atomic mass is 9.83. The van der Waals surface area contributed by atoms with Crippen LogP contribution in [-0.4, -0.2) is 17.6 Å². The highest BCUT2D eigenvalue weighted by molar-refractivity contribution is 5.26. The quantitative estimate of drug-likeness (QED) is 0.840. The highest BCUT2D eigenvalue weighted by Crippen LogP contribution is 2.32. The van der Waals surface area contributed by atoms with Crippen LogP contribution in [0.1, 0.15) is 51.7 Å². The molecule has 0 aromatic carbocycles. The van der Waals surface area contributed by atoms with Crippen molar-refractivity contribution in [2.75, 3.05) is 6.54 Å². The average Bonchev–Trinajstić information content (AvgIpc) is 2.36. The molecule has 0 radical (unpaired) electrons. The van der Waals surface area contributed by atoms with E-state index in [1.807, 2.05) is 0 Å². The zero-order valence-corrected chi connectivity index (χ0v) is 13.2. The molecular weight excluding hydrogens is 277 g/mol. The Kier molecular flexibility index (Phi) is 6.20. The molecule has 1 heterocycles. The van der Waals surface area contributed by atoms with Gasteiger partial charge in [-0.1, -0.05) is 27.7 Å². The lowest BCUT2D eigenvalue weighted by Crippen LogP contribution is -2.41. The number of alkyl halides is 3. The first-order chi connectivity index (χ1) is 9.66. The van der Waals surface area contributed by atoms with Gasteiger partial charge < -0.3 is 5.32 Å². The number of pyridine rings is 1. The molecule has 5 heteroatoms. The molecule has 0 amide bonds. The predicted octanol–water partition coefficient (Wildman–Crippen LogP) is 4.45. The first-order valence-corrected chi connectivity index (χ1v) is 7.39. The predicted molar refractivity (Wildman–Crippen MR) is 79.1 cm³/mol. The number of nitrogens with one attached hydrogen (secondary N) is 1. The summed E-state index contributed by atoms with van der Waals surface area (Å²) < 4.78 is 38.9. The Morgan fingerprint density at radius 3 is 2.43 bits per heavy atom. The molecule has 1 N–H and O–H groups in total. The molecule has 0 saturated carbocycles. The maximum Gasteiger partial charge on any atom is 0.416 e. The SMILES string of the molecule is CCCNC(CCc1cnccc1C(F)(F)F)C(C)(C)C. The number of aromatic nitrogens is 1. The topological polar surface area (TPSA) is 24.9 Å². The maximum absolute atomic E-state index is 13.0. The Morgan fingerprint density at radius 1 is 1.24 bits per heavy atom. The van der Waals surface area contributed by atoms with Crippen LogP contribution in [0.4, 0.5) is 13.2 Å². The van der Waals surface area contributed by atoms with E-state index in [1.165, 1.54) is 12.4 Å². The molecule has 0 saturated heterocycles. The summed E-state index contributed by atoms with van der Waals surface area (Å²) in [6, 6.07) is 1.24. The van der Waals surface area contributed by atoms with Crippen LogP contribution in [0, 0.1) is 5.41 Å². The molecule has 0 fully saturated rings. The molecule has 0 bridgehead atoms. The van der Waals surface area contributed by atoms with Crippen LogP contribution in [0.2, 0.25) is 0 Å². The largest absolute Gasteiger partial charge is 0.416 e. The van der Waals surface area contributed by atoms with Gasteiger partial charge in [-0.05, 0) is 42.9 Å². The van der Waals surface area contributed by atoms with E-state index in [0.29, 0.717) is 12.8 Å². The molecule has 1 unspecified atom stereocenters. The first kappa shape index (κ1) is 18.0. The van der Waals surface area contributed by atoms with Crippen LogP contribution in [-0.2, 0) is 12.6 Å². The van der Waals surface area contributed by atoms with E-state index in [0.717, 1.165) is 19.0 Å². The fourth-order valence-corrected chi connectivity index (χ4v) is 2.36. The van der Waals surface area contributed by atoms with Crippen LogP contribution >= 0.6 is 0 Å². The molecule has 0 aliphatic carbocycles. The van der Waals surface area contributed by atoms with Gasteiger partial charge in [0.2, 0.25) is 0 Å². The van der Waals surface area contributed by atoms with Crippen LogP contribution in [0.3, 0.4) is 0 Å². The summed E-state index contributed by atoms with van der Waals surface area (Å²) in [7, 11) is 0. The summed E-state index contributed by atoms with van der Waals surface area (Å²) in [6.07, 6.45) is 0.268. The number of aryl methyl sites for hydroxylation is 1. The summed E-state index contributed by atoms with van der Waals surface area (Å²) in [5.41, 5.74) is -0.284. The molecule has 0 aliphatic rings. The van der Waals surface area contributed by atoms with Crippen molar-refractivity contribution in [1.29, 1.82) is 0 Å². The number of hydrogen-bond acceptors (Lipinski definition) is 2. The van der Waals surface area contributed by atoms with Gasteiger partial charge in [0.15, 0.2) is 0 Å². The monoisotopic (exact) mass is 302 g/mol. The standard InChI is InChI=1S/C16H25F3N2/c1-5-9-21-14(15(2,3)4)7-6-12-11-20-10-8-13(12)16(17,18)19/h8,10-11,14,21H,5-7,9H2,1-4H3. The van der Waals surface area contributed by atoms with E-state index in [-0.39, 0.29) is 17.0 Å². The van der Waals surface area contributed by atoms with Crippen molar-refractivity contribution >= 4 is 0 Å². The molecular formula is C16H25F3N2. The lowest BCUT2D eigenvalue weighted by Gasteiger charge is -2.32. The van der Waals surface area contributed by atoms with E-state index in [2.05, 4.69) is 38.0 Å². The summed E-state index contributed by atoms with van der Waals surface area (Å²) in [4.78, 5) is 3.84. The highest BCUT2D eigenvalue weighted by atomic mass is 19.4. The molecule has 21 heavy (non-hydrogen) atoms. The number of rotatable bonds is 6. The van der Waals surface area contributed by atoms with Gasteiger partial charge in [0, 0.05) is 18.4 Å². The van der Waals surface area contributed by atoms with Crippen molar-refractivity contribution in [2.24, 2.45) is 5.41 Å². The van der Waals surface area contributed by atoms with Crippen molar-refractivity contribution in [2.45, 2.75) is 59.2 Å². The van der Waals surface area contributed by atoms with Gasteiger partial charge in [-0.15, -0.1) is 0 Å². The Hall–Kier alpha value is -1.10. The third-order valence-corrected chi connectivity index (χ3v) is 3.60. The average molecular weight is 302 g/mol. The Morgan fingerprint density at radius 2 is 1.90 bits per heavy atom. The van der Waals surface area contributed by atoms with Gasteiger partial charge in [-0.25, -0.2) is 0 Å². The number of halogens is 3. The Balaban J connectivity index is 2.81. The van der Waals surface area contributed by atoms with Crippen LogP contribution < -0.4 is 5.32 Å². The summed E-state index contributed by atoms with van der Waals surface area (Å²) in [6.45, 7) is 9.27. The lowest BCUT2D eigenvalue weighted by molar-refractivity contribution is -0.138. The number of nitrogens with zero attached hydrogens (tertiary/aromatic N) is 1. The minimum absolute atomic E-state index is 0.00970. The van der Waals surface area contributed by atoms with Crippen molar-refractivity contribution in [3.8, 4) is 0 Å². The van der Waals surface area contributed by atoms with E-state index >= 15 is 0 Å². The Bertz CT molecular complexity index is 436.